The van der Waals surface area contributed by atoms with Crippen molar-refractivity contribution in [2.45, 2.75) is 44.2 Å². The van der Waals surface area contributed by atoms with Crippen molar-refractivity contribution in [2.24, 2.45) is 5.41 Å². The molecule has 2 N–H and O–H groups in total. The molecule has 1 saturated carbocycles. The van der Waals surface area contributed by atoms with Gasteiger partial charge in [0.15, 0.2) is 0 Å². The average molecular weight is 490 g/mol. The molecule has 2 atom stereocenters. The van der Waals surface area contributed by atoms with E-state index in [1.165, 1.54) is 11.0 Å². The summed E-state index contributed by atoms with van der Waals surface area (Å²) in [6.45, 7) is 1.43. The van der Waals surface area contributed by atoms with Gasteiger partial charge in [-0.05, 0) is 48.4 Å². The fourth-order valence-corrected chi connectivity index (χ4v) is 5.12. The maximum atomic E-state index is 12.9. The van der Waals surface area contributed by atoms with E-state index in [9.17, 15) is 24.6 Å². The number of rotatable bonds is 6. The van der Waals surface area contributed by atoms with Crippen LogP contribution in [0, 0.1) is 5.41 Å². The Balaban J connectivity index is 1.33. The van der Waals surface area contributed by atoms with Crippen LogP contribution in [0.4, 0.5) is 0 Å². The summed E-state index contributed by atoms with van der Waals surface area (Å²) >= 11 is 5.98. The number of carbonyl (C=O) groups excluding carboxylic acids is 3. The quantitative estimate of drug-likeness (QED) is 0.590. The molecule has 0 aromatic heterocycles. The third-order valence-corrected chi connectivity index (χ3v) is 7.63. The molecule has 1 aliphatic carbocycles. The molecule has 1 aromatic carbocycles. The summed E-state index contributed by atoms with van der Waals surface area (Å²) < 4.78 is 0. The van der Waals surface area contributed by atoms with E-state index in [0.717, 1.165) is 24.8 Å². The van der Waals surface area contributed by atoms with Crippen LogP contribution in [-0.2, 0) is 14.4 Å². The van der Waals surface area contributed by atoms with Crippen LogP contribution < -0.4 is 0 Å². The van der Waals surface area contributed by atoms with Gasteiger partial charge in [-0.3, -0.25) is 14.4 Å². The summed E-state index contributed by atoms with van der Waals surface area (Å²) in [5.74, 6) is -0.554. The molecule has 1 spiro atoms. The van der Waals surface area contributed by atoms with Gasteiger partial charge in [-0.1, -0.05) is 23.7 Å². The Bertz CT molecular complexity index is 964. The van der Waals surface area contributed by atoms with Crippen molar-refractivity contribution in [1.82, 2.24) is 14.7 Å². The van der Waals surface area contributed by atoms with Crippen molar-refractivity contribution in [1.29, 1.82) is 0 Å². The lowest BCUT2D eigenvalue weighted by Crippen LogP contribution is -2.51. The number of hydrogen-bond acceptors (Lipinski definition) is 5. The molecule has 0 bridgehead atoms. The summed E-state index contributed by atoms with van der Waals surface area (Å²) in [6.07, 6.45) is 5.61. The SMILES string of the molecule is O=C(/C=C/c1cccc(Cl)c1)N1CCC(=O)N([C@@H](CO)CC(=O)N2CCC3(CC3)[C@H](O)C2)CC1. The molecular formula is C25H32ClN3O5. The fraction of sp³-hybridized carbons (Fsp3) is 0.560. The minimum absolute atomic E-state index is 0.00454. The van der Waals surface area contributed by atoms with E-state index in [0.29, 0.717) is 24.7 Å². The van der Waals surface area contributed by atoms with Crippen LogP contribution in [0.1, 0.15) is 37.7 Å². The summed E-state index contributed by atoms with van der Waals surface area (Å²) in [4.78, 5) is 43.1. The Kier molecular flexibility index (Phi) is 7.60. The molecule has 2 heterocycles. The zero-order chi connectivity index (χ0) is 24.3. The van der Waals surface area contributed by atoms with Crippen LogP contribution in [-0.4, -0.2) is 94.1 Å². The standard InChI is InChI=1S/C25H32ClN3O5/c26-19-3-1-2-18(14-19)4-5-22(32)27-10-6-23(33)29(13-12-27)20(17-30)15-24(34)28-11-9-25(7-8-25)21(31)16-28/h1-5,14,20-21,30-31H,6-13,15-17H2/b5-4+/t20-,21-/m1/s1. The van der Waals surface area contributed by atoms with Crippen molar-refractivity contribution >= 4 is 35.4 Å². The third-order valence-electron chi connectivity index (χ3n) is 7.39. The first-order valence-corrected chi connectivity index (χ1v) is 12.3. The van der Waals surface area contributed by atoms with Gasteiger partial charge in [-0.25, -0.2) is 0 Å². The average Bonchev–Trinajstić information content (AvgIpc) is 3.63. The first-order valence-electron chi connectivity index (χ1n) is 11.9. The Morgan fingerprint density at radius 3 is 2.62 bits per heavy atom. The molecule has 2 aliphatic heterocycles. The Morgan fingerprint density at radius 1 is 1.15 bits per heavy atom. The summed E-state index contributed by atoms with van der Waals surface area (Å²) in [6, 6.07) is 6.52. The van der Waals surface area contributed by atoms with Crippen molar-refractivity contribution in [2.75, 3.05) is 39.3 Å². The van der Waals surface area contributed by atoms with E-state index in [2.05, 4.69) is 0 Å². The van der Waals surface area contributed by atoms with E-state index in [-0.39, 0.29) is 55.7 Å². The van der Waals surface area contributed by atoms with Crippen LogP contribution in [0.25, 0.3) is 6.08 Å². The molecule has 1 aromatic rings. The first-order chi connectivity index (χ1) is 16.3. The first kappa shape index (κ1) is 24.7. The molecule has 3 aliphatic rings. The van der Waals surface area contributed by atoms with Gasteiger partial charge in [0.1, 0.15) is 0 Å². The van der Waals surface area contributed by atoms with Gasteiger partial charge in [0.25, 0.3) is 0 Å². The molecule has 0 radical (unpaired) electrons. The number of hydrogen-bond donors (Lipinski definition) is 2. The predicted octanol–water partition coefficient (Wildman–Crippen LogP) is 1.54. The van der Waals surface area contributed by atoms with E-state index >= 15 is 0 Å². The van der Waals surface area contributed by atoms with Crippen LogP contribution in [0.2, 0.25) is 5.02 Å². The van der Waals surface area contributed by atoms with Gasteiger partial charge in [-0.2, -0.15) is 0 Å². The largest absolute Gasteiger partial charge is 0.394 e. The molecule has 34 heavy (non-hydrogen) atoms. The number of aliphatic hydroxyl groups is 2. The molecule has 2 saturated heterocycles. The highest BCUT2D eigenvalue weighted by Crippen LogP contribution is 2.53. The van der Waals surface area contributed by atoms with Crippen LogP contribution in [0.5, 0.6) is 0 Å². The molecule has 9 heteroatoms. The number of likely N-dealkylation sites (tertiary alicyclic amines) is 1. The number of piperidine rings is 1. The predicted molar refractivity (Wildman–Crippen MR) is 128 cm³/mol. The van der Waals surface area contributed by atoms with Gasteiger partial charge in [0.05, 0.1) is 18.8 Å². The smallest absolute Gasteiger partial charge is 0.246 e. The zero-order valence-electron chi connectivity index (χ0n) is 19.2. The topological polar surface area (TPSA) is 101 Å². The number of amides is 3. The van der Waals surface area contributed by atoms with Gasteiger partial charge < -0.3 is 24.9 Å². The highest BCUT2D eigenvalue weighted by atomic mass is 35.5. The van der Waals surface area contributed by atoms with Crippen molar-refractivity contribution in [3.63, 3.8) is 0 Å². The number of aliphatic hydroxyl groups excluding tert-OH is 2. The normalized spacial score (nSPS) is 23.3. The monoisotopic (exact) mass is 489 g/mol. The molecule has 0 unspecified atom stereocenters. The van der Waals surface area contributed by atoms with Crippen molar-refractivity contribution < 1.29 is 24.6 Å². The second kappa shape index (κ2) is 10.5. The third kappa shape index (κ3) is 5.62. The van der Waals surface area contributed by atoms with E-state index in [1.54, 1.807) is 34.1 Å². The van der Waals surface area contributed by atoms with Gasteiger partial charge in [-0.15, -0.1) is 0 Å². The minimum Gasteiger partial charge on any atom is -0.394 e. The highest BCUT2D eigenvalue weighted by Gasteiger charge is 2.51. The Labute approximate surface area is 204 Å². The van der Waals surface area contributed by atoms with Crippen LogP contribution >= 0.6 is 11.6 Å². The molecule has 3 fully saturated rings. The second-order valence-electron chi connectivity index (χ2n) is 9.56. The number of nitrogens with zero attached hydrogens (tertiary/aromatic N) is 3. The molecule has 4 rings (SSSR count). The number of carbonyl (C=O) groups is 3. The van der Waals surface area contributed by atoms with Crippen molar-refractivity contribution in [3.8, 4) is 0 Å². The molecule has 8 nitrogen and oxygen atoms in total. The van der Waals surface area contributed by atoms with Crippen LogP contribution in [0.3, 0.4) is 0 Å². The summed E-state index contributed by atoms with van der Waals surface area (Å²) in [5.41, 5.74) is 0.813. The zero-order valence-corrected chi connectivity index (χ0v) is 20.0. The summed E-state index contributed by atoms with van der Waals surface area (Å²) in [7, 11) is 0. The van der Waals surface area contributed by atoms with Gasteiger partial charge in [0.2, 0.25) is 17.7 Å². The van der Waals surface area contributed by atoms with Crippen LogP contribution in [0.15, 0.2) is 30.3 Å². The maximum Gasteiger partial charge on any atom is 0.246 e. The summed E-state index contributed by atoms with van der Waals surface area (Å²) in [5, 5.41) is 20.9. The van der Waals surface area contributed by atoms with E-state index < -0.39 is 12.1 Å². The van der Waals surface area contributed by atoms with Gasteiger partial charge in [0, 0.05) is 56.7 Å². The fourth-order valence-electron chi connectivity index (χ4n) is 4.92. The molecule has 3 amide bonds. The number of benzene rings is 1. The number of halogens is 1. The Hall–Kier alpha value is -2.42. The lowest BCUT2D eigenvalue weighted by atomic mass is 9.90. The second-order valence-corrected chi connectivity index (χ2v) is 10.00. The van der Waals surface area contributed by atoms with E-state index in [4.69, 9.17) is 11.6 Å². The molecule has 184 valence electrons. The van der Waals surface area contributed by atoms with Gasteiger partial charge >= 0.3 is 0 Å². The lowest BCUT2D eigenvalue weighted by Gasteiger charge is -2.38. The van der Waals surface area contributed by atoms with Crippen molar-refractivity contribution in [3.05, 3.63) is 40.9 Å². The minimum atomic E-state index is -0.647. The molecular weight excluding hydrogens is 458 g/mol. The lowest BCUT2D eigenvalue weighted by molar-refractivity contribution is -0.141. The maximum absolute atomic E-state index is 12.9. The Morgan fingerprint density at radius 2 is 1.94 bits per heavy atom. The highest BCUT2D eigenvalue weighted by molar-refractivity contribution is 6.30. The van der Waals surface area contributed by atoms with E-state index in [1.807, 2.05) is 6.07 Å². The number of β-amino-alcohol motifs (C(OH)–C–C–N with tert-alkyl or cyclic N) is 1.